The van der Waals surface area contributed by atoms with Crippen LogP contribution in [0.2, 0.25) is 0 Å². The Labute approximate surface area is 101 Å². The first kappa shape index (κ1) is 13.4. The highest BCUT2D eigenvalue weighted by molar-refractivity contribution is 6.20. The highest BCUT2D eigenvalue weighted by Gasteiger charge is 2.10. The van der Waals surface area contributed by atoms with Crippen molar-refractivity contribution in [3.63, 3.8) is 0 Å². The van der Waals surface area contributed by atoms with Crippen molar-refractivity contribution in [1.29, 1.82) is 0 Å². The lowest BCUT2D eigenvalue weighted by atomic mass is 10.0. The zero-order valence-corrected chi connectivity index (χ0v) is 10.4. The summed E-state index contributed by atoms with van der Waals surface area (Å²) in [5, 5.41) is 0.0302. The van der Waals surface area contributed by atoms with E-state index in [4.69, 9.17) is 11.6 Å². The second-order valence-electron chi connectivity index (χ2n) is 4.50. The molecule has 0 saturated carbocycles. The number of halogens is 3. The van der Waals surface area contributed by atoms with Gasteiger partial charge in [0.05, 0.1) is 0 Å². The molecule has 1 aromatic carbocycles. The van der Waals surface area contributed by atoms with E-state index in [2.05, 4.69) is 13.8 Å². The van der Waals surface area contributed by atoms with Crippen LogP contribution < -0.4 is 0 Å². The van der Waals surface area contributed by atoms with Crippen molar-refractivity contribution in [1.82, 2.24) is 0 Å². The van der Waals surface area contributed by atoms with Gasteiger partial charge in [0.15, 0.2) is 0 Å². The molecular formula is C13H17ClF2. The lowest BCUT2D eigenvalue weighted by Gasteiger charge is -2.12. The fourth-order valence-corrected chi connectivity index (χ4v) is 2.14. The molecule has 0 heterocycles. The minimum Gasteiger partial charge on any atom is -0.207 e. The van der Waals surface area contributed by atoms with Gasteiger partial charge < -0.3 is 0 Å². The molecule has 3 heteroatoms. The zero-order chi connectivity index (χ0) is 12.1. The van der Waals surface area contributed by atoms with Crippen LogP contribution in [-0.4, -0.2) is 5.38 Å². The first-order valence-corrected chi connectivity index (χ1v) is 6.00. The van der Waals surface area contributed by atoms with Crippen molar-refractivity contribution in [2.75, 3.05) is 0 Å². The highest BCUT2D eigenvalue weighted by Crippen LogP contribution is 2.18. The summed E-state index contributed by atoms with van der Waals surface area (Å²) in [6.45, 7) is 4.19. The Morgan fingerprint density at radius 3 is 2.56 bits per heavy atom. The number of benzene rings is 1. The Bertz CT molecular complexity index is 337. The predicted molar refractivity (Wildman–Crippen MR) is 63.8 cm³/mol. The molecule has 0 saturated heterocycles. The molecule has 0 fully saturated rings. The van der Waals surface area contributed by atoms with Gasteiger partial charge in [-0.3, -0.25) is 0 Å². The molecule has 90 valence electrons. The molecule has 0 amide bonds. The Morgan fingerprint density at radius 2 is 1.94 bits per heavy atom. The van der Waals surface area contributed by atoms with Crippen LogP contribution in [0.1, 0.15) is 32.3 Å². The van der Waals surface area contributed by atoms with Gasteiger partial charge in [-0.05, 0) is 48.9 Å². The maximum atomic E-state index is 13.3. The van der Waals surface area contributed by atoms with Gasteiger partial charge in [0.25, 0.3) is 0 Å². The van der Waals surface area contributed by atoms with Crippen LogP contribution in [0.5, 0.6) is 0 Å². The van der Waals surface area contributed by atoms with E-state index in [1.165, 1.54) is 6.07 Å². The molecule has 0 aliphatic rings. The SMILES string of the molecule is CC(C)CC(Cl)CCc1cc(F)ccc1F. The minimum absolute atomic E-state index is 0.0302. The normalized spacial score (nSPS) is 13.1. The fourth-order valence-electron chi connectivity index (χ4n) is 1.68. The fraction of sp³-hybridized carbons (Fsp3) is 0.538. The second kappa shape index (κ2) is 6.19. The van der Waals surface area contributed by atoms with Gasteiger partial charge >= 0.3 is 0 Å². The number of hydrogen-bond donors (Lipinski definition) is 0. The molecule has 0 aromatic heterocycles. The molecule has 0 radical (unpaired) electrons. The number of alkyl halides is 1. The molecular weight excluding hydrogens is 230 g/mol. The summed E-state index contributed by atoms with van der Waals surface area (Å²) in [6.07, 6.45) is 2.07. The van der Waals surface area contributed by atoms with Gasteiger partial charge in [0.1, 0.15) is 11.6 Å². The number of aryl methyl sites for hydroxylation is 1. The van der Waals surface area contributed by atoms with Crippen molar-refractivity contribution < 1.29 is 8.78 Å². The van der Waals surface area contributed by atoms with E-state index in [0.717, 1.165) is 18.6 Å². The van der Waals surface area contributed by atoms with E-state index in [1.54, 1.807) is 0 Å². The van der Waals surface area contributed by atoms with E-state index in [1.807, 2.05) is 0 Å². The monoisotopic (exact) mass is 246 g/mol. The molecule has 1 atom stereocenters. The maximum Gasteiger partial charge on any atom is 0.126 e. The van der Waals surface area contributed by atoms with E-state index < -0.39 is 5.82 Å². The van der Waals surface area contributed by atoms with Crippen LogP contribution >= 0.6 is 11.6 Å². The first-order valence-electron chi connectivity index (χ1n) is 5.57. The van der Waals surface area contributed by atoms with E-state index in [9.17, 15) is 8.78 Å². The van der Waals surface area contributed by atoms with E-state index in [0.29, 0.717) is 24.3 Å². The first-order chi connectivity index (χ1) is 7.49. The number of rotatable bonds is 5. The topological polar surface area (TPSA) is 0 Å². The Hall–Kier alpha value is -0.630. The van der Waals surface area contributed by atoms with Crippen molar-refractivity contribution in [2.24, 2.45) is 5.92 Å². The third-order valence-electron chi connectivity index (χ3n) is 2.46. The molecule has 1 unspecified atom stereocenters. The van der Waals surface area contributed by atoms with Crippen LogP contribution in [-0.2, 0) is 6.42 Å². The predicted octanol–water partition coefficient (Wildman–Crippen LogP) is 4.55. The third-order valence-corrected chi connectivity index (χ3v) is 2.86. The summed E-state index contributed by atoms with van der Waals surface area (Å²) in [7, 11) is 0. The van der Waals surface area contributed by atoms with E-state index >= 15 is 0 Å². The van der Waals surface area contributed by atoms with Gasteiger partial charge in [-0.2, -0.15) is 0 Å². The standard InChI is InChI=1S/C13H17ClF2/c1-9(2)7-11(14)4-3-10-8-12(15)5-6-13(10)16/h5-6,8-9,11H,3-4,7H2,1-2H3. The van der Waals surface area contributed by atoms with Crippen LogP contribution in [0.15, 0.2) is 18.2 Å². The smallest absolute Gasteiger partial charge is 0.126 e. The Balaban J connectivity index is 2.51. The molecule has 0 aliphatic carbocycles. The number of hydrogen-bond acceptors (Lipinski definition) is 0. The van der Waals surface area contributed by atoms with Gasteiger partial charge in [-0.1, -0.05) is 13.8 Å². The highest BCUT2D eigenvalue weighted by atomic mass is 35.5. The van der Waals surface area contributed by atoms with Crippen molar-refractivity contribution >= 4 is 11.6 Å². The van der Waals surface area contributed by atoms with Gasteiger partial charge in [-0.25, -0.2) is 8.78 Å². The molecule has 1 aromatic rings. The van der Waals surface area contributed by atoms with Crippen LogP contribution in [0, 0.1) is 17.6 Å². The average Bonchev–Trinajstić information content (AvgIpc) is 2.18. The quantitative estimate of drug-likeness (QED) is 0.669. The summed E-state index contributed by atoms with van der Waals surface area (Å²) >= 11 is 6.10. The van der Waals surface area contributed by atoms with Crippen molar-refractivity contribution in [3.8, 4) is 0 Å². The maximum absolute atomic E-state index is 13.3. The largest absolute Gasteiger partial charge is 0.207 e. The zero-order valence-electron chi connectivity index (χ0n) is 9.64. The molecule has 0 N–H and O–H groups in total. The van der Waals surface area contributed by atoms with Crippen molar-refractivity contribution in [2.45, 2.75) is 38.5 Å². The van der Waals surface area contributed by atoms with Gasteiger partial charge in [-0.15, -0.1) is 11.6 Å². The molecule has 0 spiro atoms. The van der Waals surface area contributed by atoms with Gasteiger partial charge in [0, 0.05) is 5.38 Å². The lowest BCUT2D eigenvalue weighted by molar-refractivity contribution is 0.534. The lowest BCUT2D eigenvalue weighted by Crippen LogP contribution is -2.05. The Morgan fingerprint density at radius 1 is 1.25 bits per heavy atom. The summed E-state index contributed by atoms with van der Waals surface area (Å²) in [4.78, 5) is 0. The summed E-state index contributed by atoms with van der Waals surface area (Å²) in [6, 6.07) is 3.54. The molecule has 16 heavy (non-hydrogen) atoms. The summed E-state index contributed by atoms with van der Waals surface area (Å²) in [5.74, 6) is -0.221. The molecule has 0 nitrogen and oxygen atoms in total. The average molecular weight is 247 g/mol. The minimum atomic E-state index is -0.397. The summed E-state index contributed by atoms with van der Waals surface area (Å²) < 4.78 is 26.2. The van der Waals surface area contributed by atoms with Crippen LogP contribution in [0.4, 0.5) is 8.78 Å². The van der Waals surface area contributed by atoms with Gasteiger partial charge in [0.2, 0.25) is 0 Å². The molecule has 0 bridgehead atoms. The summed E-state index contributed by atoms with van der Waals surface area (Å²) in [5.41, 5.74) is 0.411. The second-order valence-corrected chi connectivity index (χ2v) is 5.12. The Kier molecular flexibility index (Phi) is 5.20. The molecule has 0 aliphatic heterocycles. The van der Waals surface area contributed by atoms with Crippen LogP contribution in [0.3, 0.4) is 0 Å². The van der Waals surface area contributed by atoms with Crippen LogP contribution in [0.25, 0.3) is 0 Å². The van der Waals surface area contributed by atoms with Crippen molar-refractivity contribution in [3.05, 3.63) is 35.4 Å². The molecule has 1 rings (SSSR count). The third kappa shape index (κ3) is 4.48. The van der Waals surface area contributed by atoms with E-state index in [-0.39, 0.29) is 11.2 Å².